The van der Waals surface area contributed by atoms with E-state index >= 15 is 0 Å². The van der Waals surface area contributed by atoms with Gasteiger partial charge in [0.2, 0.25) is 0 Å². The molecule has 0 aliphatic carbocycles. The second-order valence-electron chi connectivity index (χ2n) is 5.19. The van der Waals surface area contributed by atoms with Crippen LogP contribution in [0.4, 0.5) is 5.82 Å². The molecule has 0 spiro atoms. The quantitative estimate of drug-likeness (QED) is 0.871. The second kappa shape index (κ2) is 6.16. The summed E-state index contributed by atoms with van der Waals surface area (Å²) in [7, 11) is 6.31. The molecule has 1 fully saturated rings. The van der Waals surface area contributed by atoms with Crippen LogP contribution in [0, 0.1) is 0 Å². The molecule has 2 rings (SSSR count). The Balaban J connectivity index is 2.07. The SMILES string of the molecule is CNCc1cccc(N(C)C2CCCN(C)C2)n1. The second-order valence-corrected chi connectivity index (χ2v) is 5.19. The molecule has 4 nitrogen and oxygen atoms in total. The Morgan fingerprint density at radius 1 is 1.50 bits per heavy atom. The van der Waals surface area contributed by atoms with Crippen LogP contribution in [0.25, 0.3) is 0 Å². The zero-order valence-electron chi connectivity index (χ0n) is 11.7. The normalized spacial score (nSPS) is 20.9. The van der Waals surface area contributed by atoms with Crippen molar-refractivity contribution >= 4 is 5.82 Å². The van der Waals surface area contributed by atoms with Crippen molar-refractivity contribution in [1.82, 2.24) is 15.2 Å². The number of nitrogens with one attached hydrogen (secondary N) is 1. The molecule has 0 radical (unpaired) electrons. The molecule has 0 bridgehead atoms. The number of hydrogen-bond acceptors (Lipinski definition) is 4. The van der Waals surface area contributed by atoms with Crippen molar-refractivity contribution < 1.29 is 0 Å². The third-order valence-corrected chi connectivity index (χ3v) is 3.66. The maximum absolute atomic E-state index is 4.71. The van der Waals surface area contributed by atoms with Crippen LogP contribution in [0.2, 0.25) is 0 Å². The van der Waals surface area contributed by atoms with E-state index in [1.807, 2.05) is 7.05 Å². The number of rotatable bonds is 4. The lowest BCUT2D eigenvalue weighted by Gasteiger charge is -2.36. The molecule has 0 saturated carbocycles. The molecule has 1 aromatic heterocycles. The third kappa shape index (κ3) is 3.21. The van der Waals surface area contributed by atoms with Crippen LogP contribution >= 0.6 is 0 Å². The Hall–Kier alpha value is -1.13. The highest BCUT2D eigenvalue weighted by atomic mass is 15.2. The topological polar surface area (TPSA) is 31.4 Å². The van der Waals surface area contributed by atoms with Gasteiger partial charge in [0, 0.05) is 26.2 Å². The maximum atomic E-state index is 4.71. The zero-order chi connectivity index (χ0) is 13.0. The van der Waals surface area contributed by atoms with E-state index in [0.29, 0.717) is 6.04 Å². The number of likely N-dealkylation sites (tertiary alicyclic amines) is 1. The summed E-state index contributed by atoms with van der Waals surface area (Å²) in [5.74, 6) is 1.09. The fourth-order valence-corrected chi connectivity index (χ4v) is 2.59. The molecular formula is C14H24N4. The monoisotopic (exact) mass is 248 g/mol. The molecule has 1 atom stereocenters. The van der Waals surface area contributed by atoms with Gasteiger partial charge in [0.15, 0.2) is 0 Å². The van der Waals surface area contributed by atoms with Gasteiger partial charge in [-0.1, -0.05) is 6.07 Å². The van der Waals surface area contributed by atoms with Crippen molar-refractivity contribution in [2.75, 3.05) is 39.1 Å². The first kappa shape index (κ1) is 13.3. The van der Waals surface area contributed by atoms with Gasteiger partial charge in [-0.3, -0.25) is 0 Å². The minimum absolute atomic E-state index is 0.584. The van der Waals surface area contributed by atoms with Crippen LogP contribution in [0.5, 0.6) is 0 Å². The van der Waals surface area contributed by atoms with E-state index in [-0.39, 0.29) is 0 Å². The van der Waals surface area contributed by atoms with Crippen LogP contribution in [-0.2, 0) is 6.54 Å². The molecule has 0 aromatic carbocycles. The van der Waals surface area contributed by atoms with Crippen LogP contribution in [-0.4, -0.2) is 50.2 Å². The van der Waals surface area contributed by atoms with Crippen LogP contribution < -0.4 is 10.2 Å². The highest BCUT2D eigenvalue weighted by Crippen LogP contribution is 2.19. The molecule has 2 heterocycles. The average Bonchev–Trinajstić information content (AvgIpc) is 2.39. The molecule has 1 aromatic rings. The van der Waals surface area contributed by atoms with E-state index in [4.69, 9.17) is 4.98 Å². The summed E-state index contributed by atoms with van der Waals surface area (Å²) in [6.45, 7) is 3.18. The number of nitrogens with zero attached hydrogens (tertiary/aromatic N) is 3. The van der Waals surface area contributed by atoms with Gasteiger partial charge in [0.1, 0.15) is 5.82 Å². The Labute approximate surface area is 110 Å². The van der Waals surface area contributed by atoms with E-state index < -0.39 is 0 Å². The summed E-state index contributed by atoms with van der Waals surface area (Å²) in [6, 6.07) is 6.85. The van der Waals surface area contributed by atoms with Gasteiger partial charge in [0.25, 0.3) is 0 Å². The fraction of sp³-hybridized carbons (Fsp3) is 0.643. The summed E-state index contributed by atoms with van der Waals surface area (Å²) in [6.07, 6.45) is 2.54. The molecule has 100 valence electrons. The summed E-state index contributed by atoms with van der Waals surface area (Å²) in [5.41, 5.74) is 1.10. The van der Waals surface area contributed by atoms with Crippen LogP contribution in [0.1, 0.15) is 18.5 Å². The Kier molecular flexibility index (Phi) is 4.55. The Morgan fingerprint density at radius 3 is 3.06 bits per heavy atom. The van der Waals surface area contributed by atoms with Crippen molar-refractivity contribution in [3.63, 3.8) is 0 Å². The average molecular weight is 248 g/mol. The lowest BCUT2D eigenvalue weighted by molar-refractivity contribution is 0.247. The lowest BCUT2D eigenvalue weighted by atomic mass is 10.1. The summed E-state index contributed by atoms with van der Waals surface area (Å²) in [4.78, 5) is 9.44. The number of aromatic nitrogens is 1. The minimum Gasteiger partial charge on any atom is -0.355 e. The molecule has 1 unspecified atom stereocenters. The summed E-state index contributed by atoms with van der Waals surface area (Å²) >= 11 is 0. The van der Waals surface area contributed by atoms with Crippen LogP contribution in [0.15, 0.2) is 18.2 Å². The zero-order valence-corrected chi connectivity index (χ0v) is 11.7. The molecule has 18 heavy (non-hydrogen) atoms. The smallest absolute Gasteiger partial charge is 0.128 e. The van der Waals surface area contributed by atoms with Gasteiger partial charge in [-0.15, -0.1) is 0 Å². The summed E-state index contributed by atoms with van der Waals surface area (Å²) < 4.78 is 0. The first-order valence-electron chi connectivity index (χ1n) is 6.72. The largest absolute Gasteiger partial charge is 0.355 e. The maximum Gasteiger partial charge on any atom is 0.128 e. The van der Waals surface area contributed by atoms with Gasteiger partial charge in [-0.25, -0.2) is 4.98 Å². The first-order chi connectivity index (χ1) is 8.70. The molecule has 4 heteroatoms. The number of pyridine rings is 1. The van der Waals surface area contributed by atoms with E-state index in [1.54, 1.807) is 0 Å². The number of piperidine rings is 1. The van der Waals surface area contributed by atoms with Gasteiger partial charge in [-0.05, 0) is 45.6 Å². The van der Waals surface area contributed by atoms with Crippen molar-refractivity contribution in [2.24, 2.45) is 0 Å². The lowest BCUT2D eigenvalue weighted by Crippen LogP contribution is -2.45. The van der Waals surface area contributed by atoms with E-state index in [2.05, 4.69) is 47.4 Å². The third-order valence-electron chi connectivity index (χ3n) is 3.66. The molecule has 1 aliphatic heterocycles. The highest BCUT2D eigenvalue weighted by Gasteiger charge is 2.21. The van der Waals surface area contributed by atoms with Crippen molar-refractivity contribution in [2.45, 2.75) is 25.4 Å². The molecule has 1 saturated heterocycles. The van der Waals surface area contributed by atoms with Crippen molar-refractivity contribution in [1.29, 1.82) is 0 Å². The Bertz CT molecular complexity index is 380. The minimum atomic E-state index is 0.584. The van der Waals surface area contributed by atoms with Gasteiger partial charge >= 0.3 is 0 Å². The Morgan fingerprint density at radius 2 is 2.33 bits per heavy atom. The van der Waals surface area contributed by atoms with Crippen LogP contribution in [0.3, 0.4) is 0 Å². The molecule has 1 aliphatic rings. The van der Waals surface area contributed by atoms with Crippen molar-refractivity contribution in [3.05, 3.63) is 23.9 Å². The van der Waals surface area contributed by atoms with E-state index in [0.717, 1.165) is 24.6 Å². The predicted octanol–water partition coefficient (Wildman–Crippen LogP) is 1.33. The van der Waals surface area contributed by atoms with Gasteiger partial charge < -0.3 is 15.1 Å². The molecule has 1 N–H and O–H groups in total. The predicted molar refractivity (Wildman–Crippen MR) is 75.9 cm³/mol. The van der Waals surface area contributed by atoms with Crippen molar-refractivity contribution in [3.8, 4) is 0 Å². The number of hydrogen-bond donors (Lipinski definition) is 1. The number of anilines is 1. The first-order valence-corrected chi connectivity index (χ1v) is 6.72. The fourth-order valence-electron chi connectivity index (χ4n) is 2.59. The highest BCUT2D eigenvalue weighted by molar-refractivity contribution is 5.39. The molecule has 0 amide bonds. The summed E-state index contributed by atoms with van der Waals surface area (Å²) in [5, 5.41) is 3.15. The van der Waals surface area contributed by atoms with Gasteiger partial charge in [0.05, 0.1) is 5.69 Å². The number of likely N-dealkylation sites (N-methyl/N-ethyl adjacent to an activating group) is 2. The van der Waals surface area contributed by atoms with E-state index in [9.17, 15) is 0 Å². The standard InChI is InChI=1S/C14H24N4/c1-15-10-12-6-4-8-14(16-12)18(3)13-7-5-9-17(2)11-13/h4,6,8,13,15H,5,7,9-11H2,1-3H3. The van der Waals surface area contributed by atoms with Gasteiger partial charge in [-0.2, -0.15) is 0 Å². The van der Waals surface area contributed by atoms with E-state index in [1.165, 1.54) is 19.4 Å². The molecular weight excluding hydrogens is 224 g/mol.